The van der Waals surface area contributed by atoms with Crippen molar-refractivity contribution in [3.05, 3.63) is 0 Å². The lowest BCUT2D eigenvalue weighted by Gasteiger charge is -2.50. The van der Waals surface area contributed by atoms with Crippen molar-refractivity contribution < 1.29 is 10.0 Å². The molecule has 5 heteroatoms. The van der Waals surface area contributed by atoms with Crippen LogP contribution in [0.3, 0.4) is 0 Å². The summed E-state index contributed by atoms with van der Waals surface area (Å²) in [4.78, 5) is 14.9. The number of nitrogens with zero attached hydrogens (tertiary/aromatic N) is 2. The van der Waals surface area contributed by atoms with E-state index in [1.165, 1.54) is 6.42 Å². The average Bonchev–Trinajstić information content (AvgIpc) is 2.33. The fraction of sp³-hybridized carbons (Fsp3) is 0.857. The molecule has 1 saturated heterocycles. The second-order valence-electron chi connectivity index (χ2n) is 6.42. The number of rotatable bonds is 2. The van der Waals surface area contributed by atoms with Crippen LogP contribution >= 0.6 is 0 Å². The van der Waals surface area contributed by atoms with Crippen LogP contribution in [0, 0.1) is 11.3 Å². The van der Waals surface area contributed by atoms with Crippen LogP contribution in [0.5, 0.6) is 0 Å². The minimum absolute atomic E-state index is 0.0561. The van der Waals surface area contributed by atoms with E-state index < -0.39 is 5.41 Å². The Morgan fingerprint density at radius 1 is 1.26 bits per heavy atom. The van der Waals surface area contributed by atoms with Crippen LogP contribution in [0.15, 0.2) is 5.16 Å². The molecule has 0 bridgehead atoms. The summed E-state index contributed by atoms with van der Waals surface area (Å²) in [5.74, 6) is 0.598. The molecule has 0 radical (unpaired) electrons. The highest BCUT2D eigenvalue weighted by Gasteiger charge is 2.55. The standard InChI is InChI=1S/C14H25N3O2/c1-9-7-14(8-9,12(15)16-19)13(18)17-10(2)5-4-6-11(17)3/h9-11,19H,4-8H2,1-3H3,(H2,15,16)/t9?,10-,11+,14?. The molecule has 2 aliphatic rings. The lowest BCUT2D eigenvalue weighted by atomic mass is 9.60. The van der Waals surface area contributed by atoms with Gasteiger partial charge in [0.15, 0.2) is 5.84 Å². The molecule has 2 rings (SSSR count). The van der Waals surface area contributed by atoms with E-state index >= 15 is 0 Å². The smallest absolute Gasteiger partial charge is 0.237 e. The van der Waals surface area contributed by atoms with Gasteiger partial charge in [0, 0.05) is 12.1 Å². The molecular weight excluding hydrogens is 242 g/mol. The van der Waals surface area contributed by atoms with E-state index in [-0.39, 0.29) is 23.8 Å². The van der Waals surface area contributed by atoms with E-state index in [0.717, 1.165) is 12.8 Å². The summed E-state index contributed by atoms with van der Waals surface area (Å²) in [5, 5.41) is 12.1. The molecule has 2 atom stereocenters. The maximum Gasteiger partial charge on any atom is 0.237 e. The first kappa shape index (κ1) is 14.2. The Kier molecular flexibility index (Phi) is 3.74. The van der Waals surface area contributed by atoms with Gasteiger partial charge in [0.2, 0.25) is 5.91 Å². The van der Waals surface area contributed by atoms with Gasteiger partial charge in [0.25, 0.3) is 0 Å². The number of amidine groups is 1. The summed E-state index contributed by atoms with van der Waals surface area (Å²) in [6.07, 6.45) is 4.63. The summed E-state index contributed by atoms with van der Waals surface area (Å²) < 4.78 is 0. The predicted octanol–water partition coefficient (Wildman–Crippen LogP) is 1.94. The van der Waals surface area contributed by atoms with Gasteiger partial charge in [-0.25, -0.2) is 0 Å². The van der Waals surface area contributed by atoms with Crippen LogP contribution in [0.4, 0.5) is 0 Å². The van der Waals surface area contributed by atoms with E-state index in [2.05, 4.69) is 25.9 Å². The zero-order chi connectivity index (χ0) is 14.2. The zero-order valence-corrected chi connectivity index (χ0v) is 12.1. The molecule has 0 aromatic heterocycles. The summed E-state index contributed by atoms with van der Waals surface area (Å²) in [6, 6.07) is 0.492. The fourth-order valence-electron chi connectivity index (χ4n) is 3.79. The minimum atomic E-state index is -0.756. The second kappa shape index (κ2) is 5.02. The first-order valence-electron chi connectivity index (χ1n) is 7.23. The highest BCUT2D eigenvalue weighted by Crippen LogP contribution is 2.48. The third-order valence-corrected chi connectivity index (χ3v) is 4.83. The predicted molar refractivity (Wildman–Crippen MR) is 73.9 cm³/mol. The topological polar surface area (TPSA) is 78.9 Å². The Morgan fingerprint density at radius 2 is 1.79 bits per heavy atom. The zero-order valence-electron chi connectivity index (χ0n) is 12.1. The van der Waals surface area contributed by atoms with Crippen molar-refractivity contribution in [1.82, 2.24) is 4.90 Å². The molecule has 0 aromatic rings. The Bertz CT molecular complexity index is 378. The van der Waals surface area contributed by atoms with Crippen molar-refractivity contribution in [3.63, 3.8) is 0 Å². The molecule has 3 N–H and O–H groups in total. The molecular formula is C14H25N3O2. The van der Waals surface area contributed by atoms with Crippen molar-refractivity contribution >= 4 is 11.7 Å². The molecule has 19 heavy (non-hydrogen) atoms. The number of carbonyl (C=O) groups is 1. The summed E-state index contributed by atoms with van der Waals surface area (Å²) in [5.41, 5.74) is 5.07. The van der Waals surface area contributed by atoms with Gasteiger partial charge in [0.1, 0.15) is 5.41 Å². The van der Waals surface area contributed by atoms with E-state index in [1.807, 2.05) is 4.90 Å². The molecule has 2 fully saturated rings. The SMILES string of the molecule is CC1CC(C(=O)N2[C@H](C)CCC[C@@H]2C)(C(N)=NO)C1. The molecule has 1 amide bonds. The van der Waals surface area contributed by atoms with Gasteiger partial charge in [-0.2, -0.15) is 0 Å². The van der Waals surface area contributed by atoms with Crippen molar-refractivity contribution in [1.29, 1.82) is 0 Å². The molecule has 1 aliphatic heterocycles. The van der Waals surface area contributed by atoms with Crippen molar-refractivity contribution in [3.8, 4) is 0 Å². The van der Waals surface area contributed by atoms with Gasteiger partial charge >= 0.3 is 0 Å². The van der Waals surface area contributed by atoms with Crippen molar-refractivity contribution in [2.75, 3.05) is 0 Å². The Morgan fingerprint density at radius 3 is 2.21 bits per heavy atom. The number of nitrogens with two attached hydrogens (primary N) is 1. The van der Waals surface area contributed by atoms with E-state index in [4.69, 9.17) is 10.9 Å². The van der Waals surface area contributed by atoms with Crippen LogP contribution in [-0.4, -0.2) is 33.9 Å². The van der Waals surface area contributed by atoms with E-state index in [9.17, 15) is 4.79 Å². The quantitative estimate of drug-likeness (QED) is 0.347. The first-order chi connectivity index (χ1) is 8.92. The van der Waals surface area contributed by atoms with Crippen molar-refractivity contribution in [2.45, 2.75) is 65.0 Å². The highest BCUT2D eigenvalue weighted by atomic mass is 16.4. The van der Waals surface area contributed by atoms with Gasteiger partial charge < -0.3 is 15.8 Å². The van der Waals surface area contributed by atoms with Gasteiger partial charge in [-0.1, -0.05) is 12.1 Å². The van der Waals surface area contributed by atoms with E-state index in [1.54, 1.807) is 0 Å². The van der Waals surface area contributed by atoms with E-state index in [0.29, 0.717) is 18.8 Å². The first-order valence-corrected chi connectivity index (χ1v) is 7.23. The van der Waals surface area contributed by atoms with Gasteiger partial charge in [0.05, 0.1) is 0 Å². The maximum atomic E-state index is 12.9. The summed E-state index contributed by atoms with van der Waals surface area (Å²) in [6.45, 7) is 6.28. The molecule has 1 heterocycles. The lowest BCUT2D eigenvalue weighted by molar-refractivity contribution is -0.150. The van der Waals surface area contributed by atoms with Crippen molar-refractivity contribution in [2.24, 2.45) is 22.2 Å². The largest absolute Gasteiger partial charge is 0.409 e. The number of carbonyl (C=O) groups excluding carboxylic acids is 1. The number of hydrogen-bond acceptors (Lipinski definition) is 3. The molecule has 0 aromatic carbocycles. The Balaban J connectivity index is 2.25. The summed E-state index contributed by atoms with van der Waals surface area (Å²) >= 11 is 0. The Hall–Kier alpha value is -1.26. The van der Waals surface area contributed by atoms with Gasteiger partial charge in [-0.3, -0.25) is 4.79 Å². The molecule has 5 nitrogen and oxygen atoms in total. The normalized spacial score (nSPS) is 39.8. The number of piperidine rings is 1. The lowest BCUT2D eigenvalue weighted by Crippen LogP contribution is -2.61. The number of amides is 1. The number of oxime groups is 1. The monoisotopic (exact) mass is 267 g/mol. The van der Waals surface area contributed by atoms with Gasteiger partial charge in [-0.15, -0.1) is 0 Å². The number of likely N-dealkylation sites (tertiary alicyclic amines) is 1. The fourth-order valence-corrected chi connectivity index (χ4v) is 3.79. The third-order valence-electron chi connectivity index (χ3n) is 4.83. The Labute approximate surface area is 114 Å². The van der Waals surface area contributed by atoms with Crippen LogP contribution in [0.2, 0.25) is 0 Å². The van der Waals surface area contributed by atoms with Crippen LogP contribution < -0.4 is 5.73 Å². The third kappa shape index (κ3) is 2.19. The second-order valence-corrected chi connectivity index (χ2v) is 6.42. The highest BCUT2D eigenvalue weighted by molar-refractivity contribution is 6.07. The van der Waals surface area contributed by atoms with Gasteiger partial charge in [-0.05, 0) is 51.9 Å². The maximum absolute atomic E-state index is 12.9. The average molecular weight is 267 g/mol. The molecule has 0 spiro atoms. The van der Waals surface area contributed by atoms with Crippen LogP contribution in [0.1, 0.15) is 52.9 Å². The van der Waals surface area contributed by atoms with Crippen LogP contribution in [0.25, 0.3) is 0 Å². The minimum Gasteiger partial charge on any atom is -0.409 e. The molecule has 0 unspecified atom stereocenters. The molecule has 1 saturated carbocycles. The summed E-state index contributed by atoms with van der Waals surface area (Å²) in [7, 11) is 0. The number of hydrogen-bond donors (Lipinski definition) is 2. The molecule has 1 aliphatic carbocycles. The van der Waals surface area contributed by atoms with Crippen LogP contribution in [-0.2, 0) is 4.79 Å². The molecule has 108 valence electrons.